The van der Waals surface area contributed by atoms with Gasteiger partial charge in [0, 0.05) is 7.11 Å². The quantitative estimate of drug-likeness (QED) is 0.318. The summed E-state index contributed by atoms with van der Waals surface area (Å²) in [5.41, 5.74) is 0. The summed E-state index contributed by atoms with van der Waals surface area (Å²) >= 11 is 0. The molecule has 7 nitrogen and oxygen atoms in total. The average molecular weight is 421 g/mol. The number of rotatable bonds is 15. The molecule has 0 unspecified atom stereocenters. The second kappa shape index (κ2) is 12.6. The fourth-order valence-corrected chi connectivity index (χ4v) is 3.41. The molecule has 1 aromatic heterocycles. The van der Waals surface area contributed by atoms with Gasteiger partial charge in [-0.05, 0) is 12.1 Å². The Morgan fingerprint density at radius 3 is 2.13 bits per heavy atom. The van der Waals surface area contributed by atoms with E-state index in [1.165, 1.54) is 7.11 Å². The Bertz CT molecular complexity index is 657. The number of furan rings is 1. The van der Waals surface area contributed by atoms with Crippen molar-refractivity contribution < 1.29 is 32.8 Å². The molecule has 2 rings (SSSR count). The minimum absolute atomic E-state index is 0.224. The zero-order chi connectivity index (χ0) is 21.8. The molecule has 30 heavy (non-hydrogen) atoms. The number of hydrogen-bond donors (Lipinski definition) is 0. The fraction of sp³-hybridized carbons (Fsp3) is 0.478. The highest BCUT2D eigenvalue weighted by Crippen LogP contribution is 2.43. The molecule has 1 aromatic rings. The largest absolute Gasteiger partial charge is 0.463 e. The number of methoxy groups -OCH3 is 1. The molecule has 1 fully saturated rings. The third kappa shape index (κ3) is 5.57. The van der Waals surface area contributed by atoms with E-state index in [1.807, 2.05) is 0 Å². The number of hydrogen-bond acceptors (Lipinski definition) is 7. The van der Waals surface area contributed by atoms with Crippen LogP contribution in [0, 0.1) is 0 Å². The highest BCUT2D eigenvalue weighted by Gasteiger charge is 2.59. The third-order valence-corrected chi connectivity index (χ3v) is 4.58. The Labute approximate surface area is 178 Å². The van der Waals surface area contributed by atoms with Crippen molar-refractivity contribution in [3.63, 3.8) is 0 Å². The van der Waals surface area contributed by atoms with E-state index in [9.17, 15) is 0 Å². The first-order chi connectivity index (χ1) is 14.7. The van der Waals surface area contributed by atoms with Crippen molar-refractivity contribution in [3.8, 4) is 0 Å². The Balaban J connectivity index is 2.50. The Hall–Kier alpha value is -2.00. The summed E-state index contributed by atoms with van der Waals surface area (Å²) in [6.07, 6.45) is 5.80. The van der Waals surface area contributed by atoms with Crippen molar-refractivity contribution in [2.24, 2.45) is 0 Å². The van der Waals surface area contributed by atoms with Gasteiger partial charge in [-0.25, -0.2) is 0 Å². The predicted octanol–water partition coefficient (Wildman–Crippen LogP) is 3.39. The Kier molecular flexibility index (Phi) is 10.2. The minimum Gasteiger partial charge on any atom is -0.463 e. The first-order valence-electron chi connectivity index (χ1n) is 9.81. The van der Waals surface area contributed by atoms with Gasteiger partial charge in [0.1, 0.15) is 24.4 Å². The Morgan fingerprint density at radius 1 is 0.933 bits per heavy atom. The van der Waals surface area contributed by atoms with E-state index in [0.717, 1.165) is 0 Å². The van der Waals surface area contributed by atoms with Crippen LogP contribution in [0.15, 0.2) is 73.4 Å². The van der Waals surface area contributed by atoms with Crippen molar-refractivity contribution >= 4 is 0 Å². The summed E-state index contributed by atoms with van der Waals surface area (Å²) in [6, 6.07) is 3.53. The molecule has 0 aliphatic carbocycles. The third-order valence-electron chi connectivity index (χ3n) is 4.58. The predicted molar refractivity (Wildman–Crippen MR) is 113 cm³/mol. The SMILES string of the molecule is C=CCOC[C@H]1O[C@@](OC)(c2ccco2)[C@@H](OCC=C)[C@@H](OCC=C)[C@@H]1OCC=C. The summed E-state index contributed by atoms with van der Waals surface area (Å²) in [5.74, 6) is -0.934. The maximum atomic E-state index is 6.44. The zero-order valence-electron chi connectivity index (χ0n) is 17.6. The van der Waals surface area contributed by atoms with Gasteiger partial charge in [-0.1, -0.05) is 24.3 Å². The van der Waals surface area contributed by atoms with Crippen LogP contribution in [0.25, 0.3) is 0 Å². The van der Waals surface area contributed by atoms with Gasteiger partial charge in [-0.2, -0.15) is 0 Å². The van der Waals surface area contributed by atoms with Crippen molar-refractivity contribution in [3.05, 3.63) is 74.8 Å². The zero-order valence-corrected chi connectivity index (χ0v) is 17.6. The molecule has 1 aliphatic rings. The van der Waals surface area contributed by atoms with Crippen molar-refractivity contribution in [2.45, 2.75) is 30.2 Å². The van der Waals surface area contributed by atoms with Gasteiger partial charge in [0.25, 0.3) is 5.79 Å². The van der Waals surface area contributed by atoms with Gasteiger partial charge in [-0.15, -0.1) is 26.3 Å². The molecule has 0 spiro atoms. The molecule has 1 aliphatic heterocycles. The van der Waals surface area contributed by atoms with Gasteiger partial charge < -0.3 is 32.8 Å². The first kappa shape index (κ1) is 24.3. The van der Waals surface area contributed by atoms with Gasteiger partial charge in [0.05, 0.1) is 39.3 Å². The normalized spacial score (nSPS) is 28.7. The van der Waals surface area contributed by atoms with Crippen molar-refractivity contribution in [2.75, 3.05) is 40.1 Å². The van der Waals surface area contributed by atoms with Crippen LogP contribution in [0.5, 0.6) is 0 Å². The molecular formula is C23H32O7. The van der Waals surface area contributed by atoms with Crippen LogP contribution in [0.4, 0.5) is 0 Å². The maximum absolute atomic E-state index is 6.44. The second-order valence-corrected chi connectivity index (χ2v) is 6.55. The van der Waals surface area contributed by atoms with Crippen LogP contribution in [0.3, 0.4) is 0 Å². The standard InChI is InChI=1S/C23H32O7/c1-6-12-25-17-18-20(27-13-7-2)21(28-14-8-3)22(29-15-9-4)23(24-5,30-18)19-11-10-16-26-19/h6-11,16,18,20-22H,1-4,12-15,17H2,5H3/t18-,20-,21+,22+,23+/m1/s1. The molecule has 2 heterocycles. The van der Waals surface area contributed by atoms with E-state index in [4.69, 9.17) is 32.8 Å². The van der Waals surface area contributed by atoms with Gasteiger partial charge in [-0.3, -0.25) is 0 Å². The first-order valence-corrected chi connectivity index (χ1v) is 9.81. The van der Waals surface area contributed by atoms with Crippen LogP contribution in [-0.2, 0) is 34.2 Å². The lowest BCUT2D eigenvalue weighted by molar-refractivity contribution is -0.384. The smallest absolute Gasteiger partial charge is 0.258 e. The molecule has 0 N–H and O–H groups in total. The summed E-state index contributed by atoms with van der Waals surface area (Å²) in [5, 5.41) is 0. The minimum atomic E-state index is -1.38. The summed E-state index contributed by atoms with van der Waals surface area (Å²) in [4.78, 5) is 0. The highest BCUT2D eigenvalue weighted by molar-refractivity contribution is 5.14. The lowest BCUT2D eigenvalue weighted by atomic mass is 9.90. The fourth-order valence-electron chi connectivity index (χ4n) is 3.41. The molecule has 0 aromatic carbocycles. The van der Waals surface area contributed by atoms with Crippen molar-refractivity contribution in [1.82, 2.24) is 0 Å². The molecule has 7 heteroatoms. The van der Waals surface area contributed by atoms with Gasteiger partial charge in [0.2, 0.25) is 0 Å². The topological polar surface area (TPSA) is 68.5 Å². The molecule has 0 bridgehead atoms. The van der Waals surface area contributed by atoms with Gasteiger partial charge in [0.15, 0.2) is 5.76 Å². The van der Waals surface area contributed by atoms with E-state index < -0.39 is 30.2 Å². The van der Waals surface area contributed by atoms with Crippen LogP contribution in [-0.4, -0.2) is 64.6 Å². The molecule has 0 amide bonds. The van der Waals surface area contributed by atoms with E-state index >= 15 is 0 Å². The van der Waals surface area contributed by atoms with Crippen LogP contribution >= 0.6 is 0 Å². The molecular weight excluding hydrogens is 388 g/mol. The monoisotopic (exact) mass is 420 g/mol. The van der Waals surface area contributed by atoms with Crippen LogP contribution < -0.4 is 0 Å². The lowest BCUT2D eigenvalue weighted by Gasteiger charge is -2.50. The summed E-state index contributed by atoms with van der Waals surface area (Å²) in [7, 11) is 1.53. The molecule has 166 valence electrons. The van der Waals surface area contributed by atoms with E-state index in [-0.39, 0.29) is 19.8 Å². The average Bonchev–Trinajstić information content (AvgIpc) is 3.31. The van der Waals surface area contributed by atoms with E-state index in [1.54, 1.807) is 42.7 Å². The maximum Gasteiger partial charge on any atom is 0.258 e. The van der Waals surface area contributed by atoms with Crippen LogP contribution in [0.2, 0.25) is 0 Å². The number of ether oxygens (including phenoxy) is 6. The molecule has 0 radical (unpaired) electrons. The van der Waals surface area contributed by atoms with E-state index in [2.05, 4.69) is 26.3 Å². The van der Waals surface area contributed by atoms with Crippen LogP contribution in [0.1, 0.15) is 5.76 Å². The summed E-state index contributed by atoms with van der Waals surface area (Å²) in [6.45, 7) is 16.3. The second-order valence-electron chi connectivity index (χ2n) is 6.55. The summed E-state index contributed by atoms with van der Waals surface area (Å²) < 4.78 is 42.0. The molecule has 5 atom stereocenters. The highest BCUT2D eigenvalue weighted by atomic mass is 16.7. The molecule has 1 saturated heterocycles. The van der Waals surface area contributed by atoms with E-state index in [0.29, 0.717) is 19.0 Å². The van der Waals surface area contributed by atoms with Gasteiger partial charge >= 0.3 is 0 Å². The Morgan fingerprint density at radius 2 is 1.57 bits per heavy atom. The van der Waals surface area contributed by atoms with Crippen molar-refractivity contribution in [1.29, 1.82) is 0 Å². The molecule has 0 saturated carbocycles. The lowest BCUT2D eigenvalue weighted by Crippen LogP contribution is -2.66.